The van der Waals surface area contributed by atoms with Crippen LogP contribution in [0.3, 0.4) is 0 Å². The van der Waals surface area contributed by atoms with Gasteiger partial charge >= 0.3 is 0 Å². The average molecular weight is 2080 g/mol. The van der Waals surface area contributed by atoms with Gasteiger partial charge in [0.2, 0.25) is 5.88 Å². The SMILES string of the molecule is COc1ncnc2ccc(-c3cccnc3-c3ccc(F)c(Cl)c3)nc12.Cc1cc2ncnn2cc1-c1cccnc1-c1ccc(F)c(Cl)c1.Cc1cc2ncnn2cc1-c1cccnc1-c1cccc(Cl)c1.Cn1cnc2ccc(-c3cccnc3-c3ccc(F)c(Cl)c3F)cc21.Fc1ccc(-c2ncccc2-c2ccc3nccnc3c2)c(F)c1Cl.Fc1ccc(-c2ncccc2-c2ccn3nccc3n2)c(F)c1Cl. The highest BCUT2D eigenvalue weighted by Crippen LogP contribution is 2.43. The number of fused-ring (bicyclic) bond motifs is 6. The standard InChI is InChI=1S/C19H12ClF2N3.C19H10ClF2N3.C19H12ClFN4O.C18H12ClFN4.C18H13ClN4.C17H9ClF2N4/c1-25-10-24-15-7-4-11(9-16(15)25)12-3-2-8-23-19(12)13-5-6-14(21)17(20)18(13)22;20-17-14(21)5-4-13(18(17)22)19-12(2-1-7-25-19)11-3-6-15-16(10-11)24-9-8-23-15;1-26-19-18-16(23-10-24-19)7-6-15(25-18)12-3-2-8-22-17(12)11-4-5-14(21)13(20)9-11;1-11-7-17-22-10-23-24(17)9-14(11)13-3-2-6-21-18(13)12-4-5-16(20)15(19)8-12;1-12-8-17-21-11-22-23(17)10-16(12)15-6-3-7-20-18(15)13-4-2-5-14(19)9-13;18-15-12(19)4-3-11(16(15)20)17-10(2-1-7-21-17)13-6-9-24-14(23-13)5-8-22-24/h2-10H,1H3;1-10H;2-10H,1H3;2-10H,1H3;2-11H,1H3;1-9H. The minimum absolute atomic E-state index is 0.0423. The molecule has 16 aromatic heterocycles. The highest BCUT2D eigenvalue weighted by molar-refractivity contribution is 6.33. The maximum atomic E-state index is 14.5. The Morgan fingerprint density at radius 3 is 1.24 bits per heavy atom. The largest absolute Gasteiger partial charge is 0.479 e. The molecule has 16 heterocycles. The number of hydrogen-bond donors (Lipinski definition) is 0. The highest BCUT2D eigenvalue weighted by atomic mass is 35.5. The Hall–Kier alpha value is -17.2. The summed E-state index contributed by atoms with van der Waals surface area (Å²) < 4.78 is 123. The molecule has 0 saturated heterocycles. The molecule has 24 rings (SSSR count). The van der Waals surface area contributed by atoms with Crippen LogP contribution in [0.4, 0.5) is 35.1 Å². The minimum Gasteiger partial charge on any atom is -0.479 e. The lowest BCUT2D eigenvalue weighted by molar-refractivity contribution is 0.401. The topological polar surface area (TPSA) is 259 Å². The van der Waals surface area contributed by atoms with Crippen LogP contribution in [-0.4, -0.2) is 115 Å². The highest BCUT2D eigenvalue weighted by Gasteiger charge is 2.25. The molecule has 0 unspecified atom stereocenters. The molecule has 23 nitrogen and oxygen atoms in total. The molecule has 37 heteroatoms. The molecule has 147 heavy (non-hydrogen) atoms. The first-order chi connectivity index (χ1) is 71.4. The predicted octanol–water partition coefficient (Wildman–Crippen LogP) is 28.4. The van der Waals surface area contributed by atoms with Crippen LogP contribution in [0.5, 0.6) is 5.88 Å². The maximum Gasteiger partial charge on any atom is 0.243 e. The second-order valence-corrected chi connectivity index (χ2v) is 34.8. The van der Waals surface area contributed by atoms with E-state index < -0.39 is 61.6 Å². The zero-order chi connectivity index (χ0) is 102. The first-order valence-electron chi connectivity index (χ1n) is 44.4. The summed E-state index contributed by atoms with van der Waals surface area (Å²) >= 11 is 35.1. The third-order valence-electron chi connectivity index (χ3n) is 23.3. The van der Waals surface area contributed by atoms with Crippen LogP contribution < -0.4 is 4.74 Å². The van der Waals surface area contributed by atoms with Gasteiger partial charge in [0.15, 0.2) is 39.9 Å². The number of imidazole rings is 1. The molecule has 0 atom stereocenters. The van der Waals surface area contributed by atoms with E-state index in [4.69, 9.17) is 74.3 Å². The third kappa shape index (κ3) is 21.0. The quantitative estimate of drug-likeness (QED) is 0.0767. The van der Waals surface area contributed by atoms with Gasteiger partial charge in [0, 0.05) is 164 Å². The maximum absolute atomic E-state index is 14.5. The fourth-order valence-corrected chi connectivity index (χ4v) is 17.3. The van der Waals surface area contributed by atoms with Crippen LogP contribution in [0.1, 0.15) is 11.1 Å². The molecule has 722 valence electrons. The van der Waals surface area contributed by atoms with Gasteiger partial charge in [-0.3, -0.25) is 39.9 Å². The van der Waals surface area contributed by atoms with E-state index >= 15 is 0 Å². The van der Waals surface area contributed by atoms with Gasteiger partial charge in [-0.25, -0.2) is 78.6 Å². The molecule has 0 saturated carbocycles. The Kier molecular flexibility index (Phi) is 29.2. The lowest BCUT2D eigenvalue weighted by atomic mass is 9.97. The third-order valence-corrected chi connectivity index (χ3v) is 25.1. The number of pyridine rings is 9. The van der Waals surface area contributed by atoms with E-state index in [-0.39, 0.29) is 26.7 Å². The van der Waals surface area contributed by atoms with Crippen LogP contribution in [0.2, 0.25) is 30.1 Å². The number of aryl methyl sites for hydroxylation is 3. The fraction of sp³-hybridized carbons (Fsp3) is 0.0364. The van der Waals surface area contributed by atoms with Crippen molar-refractivity contribution in [1.82, 2.24) is 108 Å². The summed E-state index contributed by atoms with van der Waals surface area (Å²) in [6.07, 6.45) is 26.6. The molecular formula is C110H68Cl6F8N22O. The van der Waals surface area contributed by atoms with Crippen LogP contribution in [0.15, 0.2) is 342 Å². The van der Waals surface area contributed by atoms with Gasteiger partial charge in [-0.15, -0.1) is 0 Å². The van der Waals surface area contributed by atoms with Crippen molar-refractivity contribution in [1.29, 1.82) is 0 Å². The number of halogens is 14. The number of methoxy groups -OCH3 is 1. The molecule has 24 aromatic rings. The molecule has 0 radical (unpaired) electrons. The van der Waals surface area contributed by atoms with Gasteiger partial charge in [-0.1, -0.05) is 118 Å². The monoisotopic (exact) mass is 2070 g/mol. The van der Waals surface area contributed by atoms with E-state index in [0.29, 0.717) is 84.0 Å². The van der Waals surface area contributed by atoms with E-state index in [9.17, 15) is 35.1 Å². The van der Waals surface area contributed by atoms with E-state index in [1.807, 2.05) is 158 Å². The Morgan fingerprint density at radius 1 is 0.286 bits per heavy atom. The molecule has 8 aromatic carbocycles. The molecule has 0 aliphatic carbocycles. The molecule has 0 N–H and O–H groups in total. The van der Waals surface area contributed by atoms with Crippen LogP contribution >= 0.6 is 69.6 Å². The van der Waals surface area contributed by atoms with E-state index in [1.54, 1.807) is 143 Å². The average Bonchev–Trinajstić information content (AvgIpc) is 1.72. The normalized spacial score (nSPS) is 11.1. The number of rotatable bonds is 13. The second kappa shape index (κ2) is 43.5. The number of nitrogens with zero attached hydrogens (tertiary/aromatic N) is 22. The Labute approximate surface area is 860 Å². The second-order valence-electron chi connectivity index (χ2n) is 32.4. The first kappa shape index (κ1) is 98.6. The number of aromatic nitrogens is 22. The van der Waals surface area contributed by atoms with Crippen molar-refractivity contribution in [2.75, 3.05) is 7.11 Å². The van der Waals surface area contributed by atoms with Crippen molar-refractivity contribution in [3.05, 3.63) is 430 Å². The Bertz CT molecular complexity index is 9140. The molecule has 0 amide bonds. The molecule has 0 spiro atoms. The predicted molar refractivity (Wildman–Crippen MR) is 554 cm³/mol. The zero-order valence-electron chi connectivity index (χ0n) is 76.9. The molecule has 0 aliphatic rings. The molecule has 0 bridgehead atoms. The number of benzene rings is 8. The van der Waals surface area contributed by atoms with Gasteiger partial charge in [0.25, 0.3) is 0 Å². The van der Waals surface area contributed by atoms with Gasteiger partial charge in [0.1, 0.15) is 63.1 Å². The summed E-state index contributed by atoms with van der Waals surface area (Å²) in [6, 6.07) is 69.0. The van der Waals surface area contributed by atoms with Gasteiger partial charge in [-0.05, 0) is 224 Å². The van der Waals surface area contributed by atoms with Crippen LogP contribution in [0.25, 0.3) is 185 Å². The van der Waals surface area contributed by atoms with Crippen molar-refractivity contribution in [2.45, 2.75) is 13.8 Å². The Morgan fingerprint density at radius 2 is 0.728 bits per heavy atom. The number of ether oxygens (including phenoxy) is 1. The fourth-order valence-electron chi connectivity index (χ4n) is 16.2. The molecular weight excluding hydrogens is 2010 g/mol. The summed E-state index contributed by atoms with van der Waals surface area (Å²) in [5.74, 6) is -5.43. The first-order valence-corrected chi connectivity index (χ1v) is 46.6. The van der Waals surface area contributed by atoms with Crippen molar-refractivity contribution < 1.29 is 39.9 Å². The Balaban J connectivity index is 0.000000111. The van der Waals surface area contributed by atoms with Gasteiger partial charge in [-0.2, -0.15) is 20.3 Å². The summed E-state index contributed by atoms with van der Waals surface area (Å²) in [4.78, 5) is 65.0. The van der Waals surface area contributed by atoms with Crippen molar-refractivity contribution in [2.24, 2.45) is 7.05 Å². The summed E-state index contributed by atoms with van der Waals surface area (Å²) in [7, 11) is 3.44. The van der Waals surface area contributed by atoms with Crippen LogP contribution in [0, 0.1) is 60.4 Å². The number of hydrogen-bond acceptors (Lipinski definition) is 19. The van der Waals surface area contributed by atoms with E-state index in [1.165, 1.54) is 56.3 Å². The van der Waals surface area contributed by atoms with Crippen molar-refractivity contribution >= 4 is 120 Å². The van der Waals surface area contributed by atoms with E-state index in [2.05, 4.69) is 103 Å². The van der Waals surface area contributed by atoms with Gasteiger partial charge < -0.3 is 9.30 Å². The summed E-state index contributed by atoms with van der Waals surface area (Å²) in [5, 5.41) is 11.7. The van der Waals surface area contributed by atoms with Crippen molar-refractivity contribution in [3.63, 3.8) is 0 Å². The lowest BCUT2D eigenvalue weighted by Crippen LogP contribution is -1.97. The summed E-state index contributed by atoms with van der Waals surface area (Å²) in [6.45, 7) is 4.08. The minimum atomic E-state index is -0.845. The lowest BCUT2D eigenvalue weighted by Gasteiger charge is -2.12. The molecule has 0 fully saturated rings. The van der Waals surface area contributed by atoms with Gasteiger partial charge in [0.05, 0.1) is 103 Å². The van der Waals surface area contributed by atoms with Crippen LogP contribution in [-0.2, 0) is 7.05 Å². The smallest absolute Gasteiger partial charge is 0.243 e. The summed E-state index contributed by atoms with van der Waals surface area (Å²) in [5.41, 5.74) is 25.0. The zero-order valence-corrected chi connectivity index (χ0v) is 81.4. The van der Waals surface area contributed by atoms with Crippen molar-refractivity contribution in [3.8, 4) is 140 Å². The van der Waals surface area contributed by atoms with E-state index in [0.717, 1.165) is 124 Å². The molecule has 0 aliphatic heterocycles.